The summed E-state index contributed by atoms with van der Waals surface area (Å²) in [7, 11) is 0. The number of amides is 1. The van der Waals surface area contributed by atoms with Crippen molar-refractivity contribution >= 4 is 5.91 Å². The molecule has 1 aromatic rings. The Morgan fingerprint density at radius 3 is 2.90 bits per heavy atom. The first-order valence-electron chi connectivity index (χ1n) is 6.68. The maximum absolute atomic E-state index is 12.3. The van der Waals surface area contributed by atoms with Crippen LogP contribution in [0.1, 0.15) is 12.0 Å². The standard InChI is InChI=1S/C14H18F2N2O2/c15-14(16)20-12-5-2-1-4-11(12)10-13(19)18-8-3-6-17-7-9-18/h1-2,4-5,14,17H,3,6-10H2. The van der Waals surface area contributed by atoms with E-state index in [0.717, 1.165) is 19.5 Å². The van der Waals surface area contributed by atoms with E-state index >= 15 is 0 Å². The summed E-state index contributed by atoms with van der Waals surface area (Å²) in [5.74, 6) is 0.0165. The molecular weight excluding hydrogens is 266 g/mol. The molecule has 0 aromatic heterocycles. The van der Waals surface area contributed by atoms with Crippen LogP contribution in [0.3, 0.4) is 0 Å². The van der Waals surface area contributed by atoms with E-state index in [-0.39, 0.29) is 18.1 Å². The molecule has 1 heterocycles. The molecule has 1 fully saturated rings. The number of halogens is 2. The lowest BCUT2D eigenvalue weighted by molar-refractivity contribution is -0.130. The normalized spacial score (nSPS) is 16.1. The molecule has 0 bridgehead atoms. The van der Waals surface area contributed by atoms with Crippen LogP contribution in [0.2, 0.25) is 0 Å². The van der Waals surface area contributed by atoms with E-state index < -0.39 is 6.61 Å². The lowest BCUT2D eigenvalue weighted by Gasteiger charge is -2.20. The molecule has 1 aromatic carbocycles. The van der Waals surface area contributed by atoms with Crippen LogP contribution in [-0.4, -0.2) is 43.6 Å². The molecule has 0 saturated carbocycles. The van der Waals surface area contributed by atoms with Crippen LogP contribution in [0.15, 0.2) is 24.3 Å². The highest BCUT2D eigenvalue weighted by Crippen LogP contribution is 2.21. The predicted octanol–water partition coefficient (Wildman–Crippen LogP) is 1.65. The van der Waals surface area contributed by atoms with Gasteiger partial charge in [-0.1, -0.05) is 18.2 Å². The van der Waals surface area contributed by atoms with Gasteiger partial charge < -0.3 is 15.0 Å². The van der Waals surface area contributed by atoms with Gasteiger partial charge in [0, 0.05) is 25.2 Å². The third-order valence-corrected chi connectivity index (χ3v) is 3.22. The Kier molecular flexibility index (Phi) is 5.29. The van der Waals surface area contributed by atoms with E-state index in [4.69, 9.17) is 0 Å². The van der Waals surface area contributed by atoms with Crippen LogP contribution in [0.5, 0.6) is 5.75 Å². The minimum atomic E-state index is -2.88. The molecule has 1 amide bonds. The number of carbonyl (C=O) groups excluding carboxylic acids is 1. The van der Waals surface area contributed by atoms with Crippen LogP contribution < -0.4 is 10.1 Å². The summed E-state index contributed by atoms with van der Waals surface area (Å²) < 4.78 is 29.1. The van der Waals surface area contributed by atoms with Crippen LogP contribution in [0.4, 0.5) is 8.78 Å². The fourth-order valence-corrected chi connectivity index (χ4v) is 2.23. The van der Waals surface area contributed by atoms with Gasteiger partial charge in [-0.15, -0.1) is 0 Å². The average molecular weight is 284 g/mol. The molecule has 1 aliphatic rings. The van der Waals surface area contributed by atoms with Crippen molar-refractivity contribution in [1.82, 2.24) is 10.2 Å². The number of rotatable bonds is 4. The second kappa shape index (κ2) is 7.19. The van der Waals surface area contributed by atoms with E-state index in [1.807, 2.05) is 0 Å². The van der Waals surface area contributed by atoms with Gasteiger partial charge in [0.05, 0.1) is 6.42 Å². The zero-order valence-electron chi connectivity index (χ0n) is 11.1. The van der Waals surface area contributed by atoms with Gasteiger partial charge in [0.25, 0.3) is 0 Å². The molecule has 0 aliphatic carbocycles. The van der Waals surface area contributed by atoms with Gasteiger partial charge in [0.2, 0.25) is 5.91 Å². The van der Waals surface area contributed by atoms with E-state index in [1.165, 1.54) is 6.07 Å². The van der Waals surface area contributed by atoms with Gasteiger partial charge >= 0.3 is 6.61 Å². The Labute approximate surface area is 116 Å². The molecule has 0 radical (unpaired) electrons. The summed E-state index contributed by atoms with van der Waals surface area (Å²) in [6, 6.07) is 6.43. The fourth-order valence-electron chi connectivity index (χ4n) is 2.23. The number of carbonyl (C=O) groups is 1. The molecule has 0 spiro atoms. The first-order chi connectivity index (χ1) is 9.66. The molecule has 110 valence electrons. The van der Waals surface area contributed by atoms with E-state index in [1.54, 1.807) is 23.1 Å². The predicted molar refractivity (Wildman–Crippen MR) is 70.8 cm³/mol. The van der Waals surface area contributed by atoms with Crippen LogP contribution in [-0.2, 0) is 11.2 Å². The van der Waals surface area contributed by atoms with Crippen molar-refractivity contribution in [3.63, 3.8) is 0 Å². The second-order valence-corrected chi connectivity index (χ2v) is 4.65. The zero-order chi connectivity index (χ0) is 14.4. The summed E-state index contributed by atoms with van der Waals surface area (Å²) in [4.78, 5) is 14.0. The Morgan fingerprint density at radius 2 is 2.10 bits per heavy atom. The van der Waals surface area contributed by atoms with Gasteiger partial charge in [-0.2, -0.15) is 8.78 Å². The molecule has 6 heteroatoms. The summed E-state index contributed by atoms with van der Waals surface area (Å²) >= 11 is 0. The third-order valence-electron chi connectivity index (χ3n) is 3.22. The van der Waals surface area contributed by atoms with Crippen molar-refractivity contribution in [2.24, 2.45) is 0 Å². The molecule has 1 saturated heterocycles. The lowest BCUT2D eigenvalue weighted by Crippen LogP contribution is -2.35. The molecule has 1 aliphatic heterocycles. The van der Waals surface area contributed by atoms with Gasteiger partial charge in [0.1, 0.15) is 5.75 Å². The minimum absolute atomic E-state index is 0.0565. The molecule has 1 N–H and O–H groups in total. The summed E-state index contributed by atoms with van der Waals surface area (Å²) in [6.45, 7) is 0.129. The van der Waals surface area contributed by atoms with Crippen molar-refractivity contribution in [2.45, 2.75) is 19.5 Å². The van der Waals surface area contributed by atoms with Crippen LogP contribution >= 0.6 is 0 Å². The van der Waals surface area contributed by atoms with E-state index in [0.29, 0.717) is 18.7 Å². The number of para-hydroxylation sites is 1. The maximum atomic E-state index is 12.3. The smallest absolute Gasteiger partial charge is 0.387 e. The van der Waals surface area contributed by atoms with E-state index in [9.17, 15) is 13.6 Å². The largest absolute Gasteiger partial charge is 0.435 e. The highest BCUT2D eigenvalue weighted by molar-refractivity contribution is 5.79. The number of nitrogens with one attached hydrogen (secondary N) is 1. The zero-order valence-corrected chi connectivity index (χ0v) is 11.1. The Hall–Kier alpha value is -1.69. The van der Waals surface area contributed by atoms with Crippen molar-refractivity contribution in [1.29, 1.82) is 0 Å². The number of alkyl halides is 2. The Morgan fingerprint density at radius 1 is 1.30 bits per heavy atom. The van der Waals surface area contributed by atoms with Crippen molar-refractivity contribution in [3.8, 4) is 5.75 Å². The molecule has 20 heavy (non-hydrogen) atoms. The van der Waals surface area contributed by atoms with Gasteiger partial charge in [-0.3, -0.25) is 4.79 Å². The highest BCUT2D eigenvalue weighted by atomic mass is 19.3. The van der Waals surface area contributed by atoms with Gasteiger partial charge in [-0.25, -0.2) is 0 Å². The van der Waals surface area contributed by atoms with E-state index in [2.05, 4.69) is 10.1 Å². The first kappa shape index (κ1) is 14.7. The number of ether oxygens (including phenoxy) is 1. The quantitative estimate of drug-likeness (QED) is 0.914. The van der Waals surface area contributed by atoms with Gasteiger partial charge in [-0.05, 0) is 19.0 Å². The summed E-state index contributed by atoms with van der Waals surface area (Å²) in [5, 5.41) is 3.22. The molecule has 0 unspecified atom stereocenters. The Bertz CT molecular complexity index is 447. The minimum Gasteiger partial charge on any atom is -0.435 e. The van der Waals surface area contributed by atoms with Crippen molar-refractivity contribution in [2.75, 3.05) is 26.2 Å². The van der Waals surface area contributed by atoms with Crippen molar-refractivity contribution in [3.05, 3.63) is 29.8 Å². The molecule has 4 nitrogen and oxygen atoms in total. The fraction of sp³-hybridized carbons (Fsp3) is 0.500. The molecule has 0 atom stereocenters. The SMILES string of the molecule is O=C(Cc1ccccc1OC(F)F)N1CCCNCC1. The highest BCUT2D eigenvalue weighted by Gasteiger charge is 2.18. The third kappa shape index (κ3) is 4.16. The summed E-state index contributed by atoms with van der Waals surface area (Å²) in [5.41, 5.74) is 0.495. The first-order valence-corrected chi connectivity index (χ1v) is 6.68. The van der Waals surface area contributed by atoms with Crippen LogP contribution in [0, 0.1) is 0 Å². The topological polar surface area (TPSA) is 41.6 Å². The second-order valence-electron chi connectivity index (χ2n) is 4.65. The number of benzene rings is 1. The van der Waals surface area contributed by atoms with Crippen molar-refractivity contribution < 1.29 is 18.3 Å². The maximum Gasteiger partial charge on any atom is 0.387 e. The average Bonchev–Trinajstić information content (AvgIpc) is 2.69. The summed E-state index contributed by atoms with van der Waals surface area (Å²) in [6.07, 6.45) is 0.990. The molecular formula is C14H18F2N2O2. The van der Waals surface area contributed by atoms with Crippen LogP contribution in [0.25, 0.3) is 0 Å². The Balaban J connectivity index is 2.03. The molecule has 2 rings (SSSR count). The lowest BCUT2D eigenvalue weighted by atomic mass is 10.1. The number of hydrogen-bond acceptors (Lipinski definition) is 3. The monoisotopic (exact) mass is 284 g/mol. The van der Waals surface area contributed by atoms with Gasteiger partial charge in [0.15, 0.2) is 0 Å². The number of hydrogen-bond donors (Lipinski definition) is 1. The number of nitrogens with zero attached hydrogens (tertiary/aromatic N) is 1.